The first-order chi connectivity index (χ1) is 8.77. The van der Waals surface area contributed by atoms with E-state index in [0.29, 0.717) is 0 Å². The minimum absolute atomic E-state index is 0.0216. The van der Waals surface area contributed by atoms with Crippen molar-refractivity contribution >= 4 is 41.6 Å². The third kappa shape index (κ3) is 4.39. The third-order valence-electron chi connectivity index (χ3n) is 2.12. The van der Waals surface area contributed by atoms with Gasteiger partial charge in [-0.3, -0.25) is 9.18 Å². The van der Waals surface area contributed by atoms with Crippen LogP contribution in [0.15, 0.2) is 21.5 Å². The maximum Gasteiger partial charge on any atom is 0.262 e. The second-order valence-corrected chi connectivity index (χ2v) is 6.89. The van der Waals surface area contributed by atoms with Gasteiger partial charge in [-0.1, -0.05) is 0 Å². The van der Waals surface area contributed by atoms with Gasteiger partial charge in [-0.05, 0) is 34.5 Å². The van der Waals surface area contributed by atoms with Gasteiger partial charge in [-0.15, -0.1) is 0 Å². The van der Waals surface area contributed by atoms with Gasteiger partial charge in [0.15, 0.2) is 0 Å². The fourth-order valence-corrected chi connectivity index (χ4v) is 3.42. The molecule has 1 N–H and O–H groups in total. The molecule has 0 aliphatic carbocycles. The highest BCUT2D eigenvalue weighted by molar-refractivity contribution is 9.10. The van der Waals surface area contributed by atoms with Crippen molar-refractivity contribution in [2.45, 2.75) is 11.3 Å². The first-order valence-corrected chi connectivity index (χ1v) is 8.15. The van der Waals surface area contributed by atoms with Crippen LogP contribution in [0.25, 0.3) is 0 Å². The second-order valence-electron chi connectivity index (χ2n) is 3.50. The smallest absolute Gasteiger partial charge is 0.262 e. The summed E-state index contributed by atoms with van der Waals surface area (Å²) in [5.74, 6) is -1.74. The molecule has 0 aliphatic heterocycles. The van der Waals surface area contributed by atoms with Crippen molar-refractivity contribution in [3.8, 4) is 0 Å². The van der Waals surface area contributed by atoms with Crippen LogP contribution in [0.1, 0.15) is 16.8 Å². The molecule has 1 rings (SSSR count). The van der Waals surface area contributed by atoms with E-state index in [0.717, 1.165) is 12.1 Å². The highest BCUT2D eigenvalue weighted by Gasteiger charge is 2.21. The Kier molecular flexibility index (Phi) is 5.69. The molecule has 0 saturated carbocycles. The van der Waals surface area contributed by atoms with Crippen molar-refractivity contribution in [3.05, 3.63) is 28.0 Å². The number of amides is 1. The molecule has 106 valence electrons. The summed E-state index contributed by atoms with van der Waals surface area (Å²) in [7, 11) is 1.05. The van der Waals surface area contributed by atoms with Crippen molar-refractivity contribution < 1.29 is 22.0 Å². The average Bonchev–Trinajstić information content (AvgIpc) is 2.27. The number of hydrogen-bond donors (Lipinski definition) is 1. The fraction of sp³-hybridized carbons (Fsp3) is 0.300. The summed E-state index contributed by atoms with van der Waals surface area (Å²) in [6.07, 6.45) is 0.0878. The summed E-state index contributed by atoms with van der Waals surface area (Å²) in [6.45, 7) is -0.599. The molecular weight excluding hydrogens is 368 g/mol. The number of hydrogen-bond acceptors (Lipinski definition) is 3. The lowest BCUT2D eigenvalue weighted by molar-refractivity contribution is 0.0948. The molecule has 0 radical (unpaired) electrons. The zero-order chi connectivity index (χ0) is 14.6. The molecule has 0 aliphatic rings. The minimum atomic E-state index is -4.11. The zero-order valence-corrected chi connectivity index (χ0v) is 12.6. The minimum Gasteiger partial charge on any atom is -0.352 e. The van der Waals surface area contributed by atoms with Crippen LogP contribution in [0.2, 0.25) is 0 Å². The standard InChI is InChI=1S/C10H9BrClF2NO3S/c11-7-5-8(14)6(4-9(7)19(12,17)18)10(16)15-3-1-2-13/h4-5H,1-3H2,(H,15,16). The summed E-state index contributed by atoms with van der Waals surface area (Å²) < 4.78 is 47.8. The molecule has 0 spiro atoms. The summed E-state index contributed by atoms with van der Waals surface area (Å²) in [5.41, 5.74) is -0.471. The van der Waals surface area contributed by atoms with E-state index in [-0.39, 0.29) is 17.4 Å². The van der Waals surface area contributed by atoms with E-state index in [4.69, 9.17) is 10.7 Å². The number of rotatable bonds is 5. The van der Waals surface area contributed by atoms with Crippen molar-refractivity contribution in [2.75, 3.05) is 13.2 Å². The number of benzene rings is 1. The molecule has 0 aromatic heterocycles. The first-order valence-electron chi connectivity index (χ1n) is 5.05. The molecule has 9 heteroatoms. The topological polar surface area (TPSA) is 63.2 Å². The zero-order valence-electron chi connectivity index (χ0n) is 9.42. The van der Waals surface area contributed by atoms with Gasteiger partial charge in [-0.25, -0.2) is 12.8 Å². The van der Waals surface area contributed by atoms with Crippen LogP contribution in [0.3, 0.4) is 0 Å². The lowest BCUT2D eigenvalue weighted by atomic mass is 10.2. The van der Waals surface area contributed by atoms with Crippen molar-refractivity contribution in [3.63, 3.8) is 0 Å². The van der Waals surface area contributed by atoms with Gasteiger partial charge in [0.2, 0.25) is 0 Å². The molecule has 4 nitrogen and oxygen atoms in total. The Morgan fingerprint density at radius 2 is 2.05 bits per heavy atom. The summed E-state index contributed by atoms with van der Waals surface area (Å²) in [6, 6.07) is 1.66. The molecule has 1 amide bonds. The molecule has 0 saturated heterocycles. The van der Waals surface area contributed by atoms with Gasteiger partial charge < -0.3 is 5.32 Å². The molecule has 0 fully saturated rings. The van der Waals surface area contributed by atoms with Crippen LogP contribution in [0.5, 0.6) is 0 Å². The Morgan fingerprint density at radius 1 is 1.42 bits per heavy atom. The molecule has 19 heavy (non-hydrogen) atoms. The van der Waals surface area contributed by atoms with Crippen molar-refractivity contribution in [1.82, 2.24) is 5.32 Å². The van der Waals surface area contributed by atoms with Crippen LogP contribution in [-0.4, -0.2) is 27.5 Å². The van der Waals surface area contributed by atoms with E-state index < -0.39 is 37.9 Å². The van der Waals surface area contributed by atoms with Gasteiger partial charge in [0, 0.05) is 21.7 Å². The second kappa shape index (κ2) is 6.62. The quantitative estimate of drug-likeness (QED) is 0.635. The predicted molar refractivity (Wildman–Crippen MR) is 70.1 cm³/mol. The molecule has 0 unspecified atom stereocenters. The summed E-state index contributed by atoms with van der Waals surface area (Å²) in [4.78, 5) is 11.2. The predicted octanol–water partition coefficient (Wildman–Crippen LogP) is 2.61. The number of alkyl halides is 1. The Morgan fingerprint density at radius 3 is 2.58 bits per heavy atom. The van der Waals surface area contributed by atoms with E-state index in [9.17, 15) is 22.0 Å². The van der Waals surface area contributed by atoms with E-state index in [1.807, 2.05) is 0 Å². The Bertz CT molecular complexity index is 595. The molecule has 0 bridgehead atoms. The SMILES string of the molecule is O=C(NCCCF)c1cc(S(=O)(=O)Cl)c(Br)cc1F. The first kappa shape index (κ1) is 16.3. The van der Waals surface area contributed by atoms with Crippen LogP contribution >= 0.6 is 26.6 Å². The largest absolute Gasteiger partial charge is 0.352 e. The summed E-state index contributed by atoms with van der Waals surface area (Å²) in [5, 5.41) is 2.27. The van der Waals surface area contributed by atoms with E-state index >= 15 is 0 Å². The number of halogens is 4. The maximum absolute atomic E-state index is 13.6. The molecular formula is C10H9BrClF2NO3S. The van der Waals surface area contributed by atoms with Gasteiger partial charge >= 0.3 is 0 Å². The Balaban J connectivity index is 3.11. The lowest BCUT2D eigenvalue weighted by Gasteiger charge is -2.08. The number of carbonyl (C=O) groups excluding carboxylic acids is 1. The Labute approximate surface area is 121 Å². The monoisotopic (exact) mass is 375 g/mol. The molecule has 0 heterocycles. The molecule has 1 aromatic rings. The van der Waals surface area contributed by atoms with Crippen LogP contribution in [0.4, 0.5) is 8.78 Å². The van der Waals surface area contributed by atoms with Crippen LogP contribution in [-0.2, 0) is 9.05 Å². The van der Waals surface area contributed by atoms with Gasteiger partial charge in [0.1, 0.15) is 5.82 Å². The Hall–Kier alpha value is -0.730. The maximum atomic E-state index is 13.6. The van der Waals surface area contributed by atoms with Crippen molar-refractivity contribution in [2.24, 2.45) is 0 Å². The highest BCUT2D eigenvalue weighted by Crippen LogP contribution is 2.28. The van der Waals surface area contributed by atoms with E-state index in [1.54, 1.807) is 0 Å². The number of carbonyl (C=O) groups is 1. The molecule has 0 atom stereocenters. The van der Waals surface area contributed by atoms with Gasteiger partial charge in [0.25, 0.3) is 15.0 Å². The van der Waals surface area contributed by atoms with E-state index in [2.05, 4.69) is 21.2 Å². The highest BCUT2D eigenvalue weighted by atomic mass is 79.9. The fourth-order valence-electron chi connectivity index (χ4n) is 1.25. The summed E-state index contributed by atoms with van der Waals surface area (Å²) >= 11 is 2.85. The van der Waals surface area contributed by atoms with Gasteiger partial charge in [-0.2, -0.15) is 0 Å². The molecule has 1 aromatic carbocycles. The van der Waals surface area contributed by atoms with Crippen molar-refractivity contribution in [1.29, 1.82) is 0 Å². The third-order valence-corrected chi connectivity index (χ3v) is 4.41. The average molecular weight is 377 g/mol. The van der Waals surface area contributed by atoms with E-state index in [1.165, 1.54) is 0 Å². The van der Waals surface area contributed by atoms with Crippen LogP contribution in [0, 0.1) is 5.82 Å². The lowest BCUT2D eigenvalue weighted by Crippen LogP contribution is -2.26. The van der Waals surface area contributed by atoms with Gasteiger partial charge in [0.05, 0.1) is 17.1 Å². The normalized spacial score (nSPS) is 11.4. The van der Waals surface area contributed by atoms with Crippen LogP contribution < -0.4 is 5.32 Å². The number of nitrogens with one attached hydrogen (secondary N) is 1.